The number of anilines is 1. The molecule has 1 fully saturated rings. The molecular formula is C24H21ClF5N7O2S. The van der Waals surface area contributed by atoms with E-state index in [1.807, 2.05) is 6.92 Å². The second-order valence-electron chi connectivity index (χ2n) is 9.23. The maximum atomic E-state index is 13.8. The Morgan fingerprint density at radius 1 is 1.25 bits per heavy atom. The SMILES string of the molecule is CCn1ncc(-c2cc(C(F)F)nc3sc(C(N)=O)c(NC(=O)Cn4nc(C(F)(F)F)c(Cl)c4C4CC4)c23)c1C. The van der Waals surface area contributed by atoms with Gasteiger partial charge in [-0.1, -0.05) is 11.6 Å². The molecule has 4 aromatic rings. The van der Waals surface area contributed by atoms with E-state index in [4.69, 9.17) is 17.3 Å². The summed E-state index contributed by atoms with van der Waals surface area (Å²) in [5, 5.41) is 9.98. The second-order valence-corrected chi connectivity index (χ2v) is 10.6. The maximum Gasteiger partial charge on any atom is 0.436 e. The predicted octanol–water partition coefficient (Wildman–Crippen LogP) is 5.91. The first kappa shape index (κ1) is 28.0. The van der Waals surface area contributed by atoms with E-state index < -0.39 is 47.4 Å². The van der Waals surface area contributed by atoms with Gasteiger partial charge in [-0.05, 0) is 38.3 Å². The third-order valence-corrected chi connectivity index (χ3v) is 8.01. The number of primary amides is 1. The van der Waals surface area contributed by atoms with Crippen LogP contribution in [0.1, 0.15) is 64.6 Å². The van der Waals surface area contributed by atoms with E-state index in [0.717, 1.165) is 10.7 Å². The Bertz CT molecular complexity index is 1660. The second kappa shape index (κ2) is 10.1. The average Bonchev–Trinajstić information content (AvgIpc) is 3.41. The third kappa shape index (κ3) is 4.91. The summed E-state index contributed by atoms with van der Waals surface area (Å²) in [6.07, 6.45) is -5.10. The highest BCUT2D eigenvalue weighted by Gasteiger charge is 2.42. The van der Waals surface area contributed by atoms with Crippen molar-refractivity contribution in [2.45, 2.75) is 58.3 Å². The number of aromatic nitrogens is 5. The molecule has 1 aliphatic carbocycles. The molecule has 1 aliphatic rings. The Balaban J connectivity index is 1.62. The molecule has 9 nitrogen and oxygen atoms in total. The molecule has 40 heavy (non-hydrogen) atoms. The molecular weight excluding hydrogens is 581 g/mol. The minimum Gasteiger partial charge on any atom is -0.365 e. The molecule has 0 bridgehead atoms. The molecule has 0 saturated heterocycles. The van der Waals surface area contributed by atoms with Crippen LogP contribution in [0.4, 0.5) is 27.6 Å². The number of fused-ring (bicyclic) bond motifs is 1. The molecule has 0 aliphatic heterocycles. The lowest BCUT2D eigenvalue weighted by Gasteiger charge is -2.12. The number of nitrogens with zero attached hydrogens (tertiary/aromatic N) is 5. The fourth-order valence-corrected chi connectivity index (χ4v) is 5.99. The smallest absolute Gasteiger partial charge is 0.365 e. The summed E-state index contributed by atoms with van der Waals surface area (Å²) in [5.74, 6) is -2.06. The number of thiophene rings is 1. The topological polar surface area (TPSA) is 121 Å². The van der Waals surface area contributed by atoms with Gasteiger partial charge >= 0.3 is 6.18 Å². The number of amides is 2. The summed E-state index contributed by atoms with van der Waals surface area (Å²) in [7, 11) is 0. The predicted molar refractivity (Wildman–Crippen MR) is 138 cm³/mol. The van der Waals surface area contributed by atoms with Crippen molar-refractivity contribution in [1.82, 2.24) is 24.5 Å². The van der Waals surface area contributed by atoms with Crippen molar-refractivity contribution >= 4 is 50.7 Å². The van der Waals surface area contributed by atoms with Gasteiger partial charge in [-0.15, -0.1) is 11.3 Å². The van der Waals surface area contributed by atoms with Crippen molar-refractivity contribution in [2.24, 2.45) is 5.73 Å². The van der Waals surface area contributed by atoms with Crippen molar-refractivity contribution in [3.05, 3.63) is 44.9 Å². The highest BCUT2D eigenvalue weighted by molar-refractivity contribution is 7.21. The normalized spacial score (nSPS) is 13.9. The van der Waals surface area contributed by atoms with E-state index in [9.17, 15) is 31.5 Å². The largest absolute Gasteiger partial charge is 0.436 e. The van der Waals surface area contributed by atoms with E-state index in [1.165, 1.54) is 6.20 Å². The Morgan fingerprint density at radius 3 is 2.50 bits per heavy atom. The van der Waals surface area contributed by atoms with E-state index in [2.05, 4.69) is 20.5 Å². The Kier molecular flexibility index (Phi) is 7.06. The lowest BCUT2D eigenvalue weighted by molar-refractivity contribution is -0.141. The van der Waals surface area contributed by atoms with Gasteiger partial charge in [-0.25, -0.2) is 13.8 Å². The first-order chi connectivity index (χ1) is 18.8. The summed E-state index contributed by atoms with van der Waals surface area (Å²) in [6, 6.07) is 1.15. The van der Waals surface area contributed by atoms with E-state index in [-0.39, 0.29) is 38.0 Å². The molecule has 0 unspecified atom stereocenters. The summed E-state index contributed by atoms with van der Waals surface area (Å²) in [5.41, 5.74) is 5.05. The van der Waals surface area contributed by atoms with Crippen LogP contribution in [-0.4, -0.2) is 36.4 Å². The minimum atomic E-state index is -4.82. The zero-order chi connectivity index (χ0) is 29.1. The van der Waals surface area contributed by atoms with Gasteiger partial charge in [-0.3, -0.25) is 19.0 Å². The van der Waals surface area contributed by atoms with Gasteiger partial charge in [0.15, 0.2) is 5.69 Å². The number of pyridine rings is 1. The molecule has 0 aromatic carbocycles. The zero-order valence-corrected chi connectivity index (χ0v) is 22.5. The summed E-state index contributed by atoms with van der Waals surface area (Å²) >= 11 is 6.72. The van der Waals surface area contributed by atoms with Gasteiger partial charge in [0, 0.05) is 29.1 Å². The van der Waals surface area contributed by atoms with Crippen molar-refractivity contribution in [2.75, 3.05) is 5.32 Å². The van der Waals surface area contributed by atoms with Crippen LogP contribution in [0.15, 0.2) is 12.3 Å². The van der Waals surface area contributed by atoms with Crippen molar-refractivity contribution in [3.8, 4) is 11.1 Å². The van der Waals surface area contributed by atoms with Crippen LogP contribution < -0.4 is 11.1 Å². The first-order valence-corrected chi connectivity index (χ1v) is 13.2. The molecule has 16 heteroatoms. The molecule has 4 aromatic heterocycles. The summed E-state index contributed by atoms with van der Waals surface area (Å²) in [6.45, 7) is 3.43. The molecule has 0 radical (unpaired) electrons. The van der Waals surface area contributed by atoms with Crippen LogP contribution >= 0.6 is 22.9 Å². The number of nitrogens with two attached hydrogens (primary N) is 1. The molecule has 212 valence electrons. The fourth-order valence-electron chi connectivity index (χ4n) is 4.58. The highest BCUT2D eigenvalue weighted by Crippen LogP contribution is 2.47. The number of nitrogens with one attached hydrogen (secondary N) is 1. The molecule has 5 rings (SSSR count). The summed E-state index contributed by atoms with van der Waals surface area (Å²) in [4.78, 5) is 29.4. The fraction of sp³-hybridized carbons (Fsp3) is 0.375. The molecule has 3 N–H and O–H groups in total. The van der Waals surface area contributed by atoms with Gasteiger partial charge in [0.05, 0.1) is 22.6 Å². The number of rotatable bonds is 8. The Morgan fingerprint density at radius 2 is 1.95 bits per heavy atom. The van der Waals surface area contributed by atoms with Gasteiger partial charge < -0.3 is 11.1 Å². The third-order valence-electron chi connectivity index (χ3n) is 6.54. The highest BCUT2D eigenvalue weighted by atomic mass is 35.5. The van der Waals surface area contributed by atoms with Crippen molar-refractivity contribution in [1.29, 1.82) is 0 Å². The van der Waals surface area contributed by atoms with Gasteiger partial charge in [0.25, 0.3) is 12.3 Å². The number of halogens is 6. The van der Waals surface area contributed by atoms with Crippen LogP contribution in [0.25, 0.3) is 21.3 Å². The lowest BCUT2D eigenvalue weighted by atomic mass is 10.0. The van der Waals surface area contributed by atoms with E-state index in [0.29, 0.717) is 42.0 Å². The number of hydrogen-bond acceptors (Lipinski definition) is 6. The van der Waals surface area contributed by atoms with Crippen LogP contribution in [0.2, 0.25) is 5.02 Å². The monoisotopic (exact) mass is 601 g/mol. The Labute approximate surface area is 232 Å². The Hall–Kier alpha value is -3.59. The van der Waals surface area contributed by atoms with Gasteiger partial charge in [0.2, 0.25) is 5.91 Å². The number of carbonyl (C=O) groups is 2. The first-order valence-electron chi connectivity index (χ1n) is 12.0. The molecule has 4 heterocycles. The van der Waals surface area contributed by atoms with Crippen LogP contribution in [0.3, 0.4) is 0 Å². The van der Waals surface area contributed by atoms with Crippen molar-refractivity contribution in [3.63, 3.8) is 0 Å². The van der Waals surface area contributed by atoms with Gasteiger partial charge in [-0.2, -0.15) is 23.4 Å². The molecule has 2 amide bonds. The standard InChI is InChI=1S/C24H21ClF5N7O2S/c1-3-36-9(2)12(7-32-36)11-6-13(21(26)27)33-23-15(11)17(19(40-23)22(31)39)34-14(38)8-37-18(10-4-5-10)16(25)20(35-37)24(28,29)30/h6-7,10,21H,3-5,8H2,1-2H3,(H2,31,39)(H,34,38). The maximum absolute atomic E-state index is 13.8. The van der Waals surface area contributed by atoms with Crippen molar-refractivity contribution < 1.29 is 31.5 Å². The zero-order valence-electron chi connectivity index (χ0n) is 20.9. The molecule has 0 atom stereocenters. The van der Waals surface area contributed by atoms with Crippen LogP contribution in [0.5, 0.6) is 0 Å². The molecule has 0 spiro atoms. The summed E-state index contributed by atoms with van der Waals surface area (Å²) < 4.78 is 70.5. The molecule has 1 saturated carbocycles. The van der Waals surface area contributed by atoms with Gasteiger partial charge in [0.1, 0.15) is 21.9 Å². The van der Waals surface area contributed by atoms with Crippen LogP contribution in [-0.2, 0) is 24.1 Å². The average molecular weight is 602 g/mol. The number of hydrogen-bond donors (Lipinski definition) is 2. The van der Waals surface area contributed by atoms with E-state index in [1.54, 1.807) is 11.6 Å². The lowest BCUT2D eigenvalue weighted by Crippen LogP contribution is -2.23. The minimum absolute atomic E-state index is 0.0145. The number of alkyl halides is 5. The number of aryl methyl sites for hydroxylation is 1. The van der Waals surface area contributed by atoms with E-state index >= 15 is 0 Å². The number of carbonyl (C=O) groups excluding carboxylic acids is 2. The quantitative estimate of drug-likeness (QED) is 0.243. The van der Waals surface area contributed by atoms with Crippen LogP contribution in [0, 0.1) is 6.92 Å².